The summed E-state index contributed by atoms with van der Waals surface area (Å²) in [4.78, 5) is 5.64. The standard InChI is InChI=1S/C76H89BN2O/c1-69(2,3)49-21-24-65-53(34-49)67-68(80-65)77-60-39-57-59(75(14,15)30-28-73(57,10)11)41-62(60)79(61-40-58-56(72(8,9)27-29-74(58,12)13)38-52(61)48-19-17-16-18-20-48)64-36-50(76-42-45-31-46(43-76)33-47(32-45)44-76)35-63(66(64)77)78(67)51-22-23-54-55(37-51)71(6,7)26-25-70(54,4)5/h16-24,34-41,45-47H,25-33,42-44H2,1-15H3. The van der Waals surface area contributed by atoms with E-state index in [1.807, 2.05) is 0 Å². The molecule has 3 heterocycles. The fourth-order valence-corrected chi connectivity index (χ4v) is 18.7. The van der Waals surface area contributed by atoms with Gasteiger partial charge in [-0.25, -0.2) is 0 Å². The largest absolute Gasteiger partial charge is 0.468 e. The Balaban J connectivity index is 1.12. The smallest absolute Gasteiger partial charge is 0.297 e. The molecule has 16 rings (SSSR count). The summed E-state index contributed by atoms with van der Waals surface area (Å²) in [6.45, 7) is 37.1. The Morgan fingerprint density at radius 1 is 0.475 bits per heavy atom. The highest BCUT2D eigenvalue weighted by Gasteiger charge is 2.55. The molecular weight excluding hydrogens is 968 g/mol. The Labute approximate surface area is 480 Å². The van der Waals surface area contributed by atoms with Gasteiger partial charge in [-0.2, -0.15) is 0 Å². The Morgan fingerprint density at radius 3 is 1.54 bits per heavy atom. The number of hydrogen-bond donors (Lipinski definition) is 0. The molecule has 6 aromatic carbocycles. The van der Waals surface area contributed by atoms with E-state index in [4.69, 9.17) is 4.42 Å². The van der Waals surface area contributed by atoms with Crippen LogP contribution in [0.1, 0.15) is 225 Å². The second kappa shape index (κ2) is 16.4. The van der Waals surface area contributed by atoms with Gasteiger partial charge in [-0.1, -0.05) is 152 Å². The van der Waals surface area contributed by atoms with Gasteiger partial charge in [0.15, 0.2) is 0 Å². The summed E-state index contributed by atoms with van der Waals surface area (Å²) < 4.78 is 7.77. The van der Waals surface area contributed by atoms with Crippen molar-refractivity contribution < 1.29 is 4.42 Å². The highest BCUT2D eigenvalue weighted by molar-refractivity contribution is 7.00. The third kappa shape index (κ3) is 7.36. The maximum Gasteiger partial charge on any atom is 0.297 e. The van der Waals surface area contributed by atoms with Gasteiger partial charge in [-0.3, -0.25) is 0 Å². The van der Waals surface area contributed by atoms with Gasteiger partial charge in [-0.05, 0) is 254 Å². The fraction of sp³-hybridized carbons (Fsp3) is 0.500. The molecule has 80 heavy (non-hydrogen) atoms. The molecule has 2 aliphatic heterocycles. The zero-order valence-electron chi connectivity index (χ0n) is 51.4. The first-order valence-electron chi connectivity index (χ1n) is 31.6. The van der Waals surface area contributed by atoms with Gasteiger partial charge in [0.25, 0.3) is 6.71 Å². The Hall–Kier alpha value is -5.48. The van der Waals surface area contributed by atoms with Gasteiger partial charge in [0.05, 0.1) is 17.0 Å². The summed E-state index contributed by atoms with van der Waals surface area (Å²) in [7, 11) is 0. The van der Waals surface area contributed by atoms with Crippen LogP contribution in [-0.2, 0) is 43.3 Å². The molecule has 7 aromatic rings. The molecule has 7 aliphatic carbocycles. The minimum Gasteiger partial charge on any atom is -0.468 e. The summed E-state index contributed by atoms with van der Waals surface area (Å²) in [5.41, 5.74) is 27.6. The van der Waals surface area contributed by atoms with Crippen molar-refractivity contribution in [1.29, 1.82) is 0 Å². The van der Waals surface area contributed by atoms with E-state index >= 15 is 0 Å². The molecule has 4 saturated carbocycles. The van der Waals surface area contributed by atoms with E-state index in [1.54, 1.807) is 5.56 Å². The molecule has 0 atom stereocenters. The average Bonchev–Trinajstić information content (AvgIpc) is 1.68. The highest BCUT2D eigenvalue weighted by atomic mass is 16.3. The lowest BCUT2D eigenvalue weighted by molar-refractivity contribution is -0.00514. The molecule has 4 heteroatoms. The molecule has 4 bridgehead atoms. The van der Waals surface area contributed by atoms with Crippen LogP contribution in [0.25, 0.3) is 22.1 Å². The first-order chi connectivity index (χ1) is 37.6. The molecule has 412 valence electrons. The summed E-state index contributed by atoms with van der Waals surface area (Å²) >= 11 is 0. The number of anilines is 6. The molecule has 1 aromatic heterocycles. The summed E-state index contributed by atoms with van der Waals surface area (Å²) in [6.07, 6.45) is 15.2. The van der Waals surface area contributed by atoms with Crippen LogP contribution < -0.4 is 26.4 Å². The minimum absolute atomic E-state index is 0.00813. The first kappa shape index (κ1) is 51.4. The molecule has 0 radical (unpaired) electrons. The summed E-state index contributed by atoms with van der Waals surface area (Å²) in [5.74, 6) is 2.44. The normalized spacial score (nSPS) is 26.3. The topological polar surface area (TPSA) is 19.6 Å². The minimum atomic E-state index is -0.124. The van der Waals surface area contributed by atoms with Crippen molar-refractivity contribution in [2.75, 3.05) is 9.80 Å². The van der Waals surface area contributed by atoms with E-state index in [0.29, 0.717) is 0 Å². The summed E-state index contributed by atoms with van der Waals surface area (Å²) in [6, 6.07) is 42.8. The van der Waals surface area contributed by atoms with Crippen LogP contribution in [0.5, 0.6) is 0 Å². The Morgan fingerprint density at radius 2 is 0.975 bits per heavy atom. The SMILES string of the molecule is CC(C)(C)c1ccc2oc3c(c2c1)N(c1ccc2c(c1)C(C)(C)CCC2(C)C)c1cc(C24CC5CC(CC(C5)C2)C4)cc2c1B3c1cc3c(cc1N2c1cc2c(cc1-c1ccccc1)C(C)(C)CCC2(C)C)C(C)(C)CCC3(C)C. The number of rotatable bonds is 4. The predicted octanol–water partition coefficient (Wildman–Crippen LogP) is 19.0. The summed E-state index contributed by atoms with van der Waals surface area (Å²) in [5, 5.41) is 1.23. The van der Waals surface area contributed by atoms with Crippen molar-refractivity contribution in [3.8, 4) is 11.1 Å². The number of nitrogens with zero attached hydrogens (tertiary/aromatic N) is 2. The third-order valence-electron chi connectivity index (χ3n) is 23.5. The van der Waals surface area contributed by atoms with E-state index in [-0.39, 0.29) is 50.0 Å². The average molecular weight is 1060 g/mol. The van der Waals surface area contributed by atoms with E-state index in [1.165, 1.54) is 165 Å². The molecular formula is C76H89BN2O. The number of hydrogen-bond acceptors (Lipinski definition) is 3. The molecule has 0 saturated heterocycles. The van der Waals surface area contributed by atoms with Gasteiger partial charge in [0.2, 0.25) is 0 Å². The number of benzene rings is 6. The van der Waals surface area contributed by atoms with Crippen molar-refractivity contribution in [3.05, 3.63) is 148 Å². The second-order valence-corrected chi connectivity index (χ2v) is 32.8. The van der Waals surface area contributed by atoms with Gasteiger partial charge < -0.3 is 14.2 Å². The molecule has 4 fully saturated rings. The van der Waals surface area contributed by atoms with Crippen LogP contribution in [-0.4, -0.2) is 6.71 Å². The van der Waals surface area contributed by atoms with Gasteiger partial charge >= 0.3 is 0 Å². The number of fused-ring (bicyclic) bond motifs is 9. The van der Waals surface area contributed by atoms with Gasteiger partial charge in [0, 0.05) is 33.7 Å². The van der Waals surface area contributed by atoms with Gasteiger partial charge in [0.1, 0.15) is 5.58 Å². The van der Waals surface area contributed by atoms with Crippen LogP contribution in [0.4, 0.5) is 34.1 Å². The van der Waals surface area contributed by atoms with Crippen molar-refractivity contribution >= 4 is 68.4 Å². The lowest BCUT2D eigenvalue weighted by atomic mass is 9.35. The highest BCUT2D eigenvalue weighted by Crippen LogP contribution is 2.63. The molecule has 0 N–H and O–H groups in total. The van der Waals surface area contributed by atoms with Crippen LogP contribution >= 0.6 is 0 Å². The van der Waals surface area contributed by atoms with Crippen LogP contribution in [0.3, 0.4) is 0 Å². The quantitative estimate of drug-likeness (QED) is 0.164. The molecule has 9 aliphatic rings. The van der Waals surface area contributed by atoms with Crippen LogP contribution in [0.2, 0.25) is 0 Å². The monoisotopic (exact) mass is 1060 g/mol. The lowest BCUT2D eigenvalue weighted by Crippen LogP contribution is -2.61. The first-order valence-corrected chi connectivity index (χ1v) is 31.6. The molecule has 0 amide bonds. The maximum absolute atomic E-state index is 7.77. The van der Waals surface area contributed by atoms with Crippen molar-refractivity contribution in [3.63, 3.8) is 0 Å². The van der Waals surface area contributed by atoms with Crippen molar-refractivity contribution in [1.82, 2.24) is 0 Å². The zero-order valence-corrected chi connectivity index (χ0v) is 51.4. The molecule has 0 unspecified atom stereocenters. The zero-order chi connectivity index (χ0) is 55.8. The van der Waals surface area contributed by atoms with Crippen LogP contribution in [0, 0.1) is 17.8 Å². The second-order valence-electron chi connectivity index (χ2n) is 32.8. The fourth-order valence-electron chi connectivity index (χ4n) is 18.7. The van der Waals surface area contributed by atoms with Crippen molar-refractivity contribution in [2.24, 2.45) is 17.8 Å². The van der Waals surface area contributed by atoms with Crippen molar-refractivity contribution in [2.45, 2.75) is 224 Å². The Bertz CT molecular complexity index is 3740. The Kier molecular flexibility index (Phi) is 10.5. The van der Waals surface area contributed by atoms with E-state index < -0.39 is 0 Å². The van der Waals surface area contributed by atoms with E-state index in [2.05, 4.69) is 217 Å². The number of furan rings is 1. The van der Waals surface area contributed by atoms with E-state index in [0.717, 1.165) is 41.8 Å². The maximum atomic E-state index is 7.77. The predicted molar refractivity (Wildman–Crippen MR) is 340 cm³/mol. The van der Waals surface area contributed by atoms with Gasteiger partial charge in [-0.15, -0.1) is 0 Å². The molecule has 0 spiro atoms. The molecule has 3 nitrogen and oxygen atoms in total. The lowest BCUT2D eigenvalue weighted by Gasteiger charge is -2.57. The third-order valence-corrected chi connectivity index (χ3v) is 23.5. The van der Waals surface area contributed by atoms with E-state index in [9.17, 15) is 0 Å². The van der Waals surface area contributed by atoms with Crippen LogP contribution in [0.15, 0.2) is 108 Å².